The fraction of sp³-hybridized carbons (Fsp3) is 0.346. The molecule has 2 aromatic heterocycles. The Hall–Kier alpha value is -3.43. The van der Waals surface area contributed by atoms with E-state index in [4.69, 9.17) is 10.5 Å². The van der Waals surface area contributed by atoms with Crippen LogP contribution in [0.3, 0.4) is 0 Å². The summed E-state index contributed by atoms with van der Waals surface area (Å²) in [4.78, 5) is 15.6. The van der Waals surface area contributed by atoms with Crippen LogP contribution in [0, 0.1) is 11.6 Å². The molecule has 0 aliphatic carbocycles. The predicted molar refractivity (Wildman–Crippen MR) is 132 cm³/mol. The molecule has 2 aromatic carbocycles. The number of pyridine rings is 1. The van der Waals surface area contributed by atoms with Crippen molar-refractivity contribution in [2.45, 2.75) is 31.3 Å². The van der Waals surface area contributed by atoms with Crippen molar-refractivity contribution in [3.05, 3.63) is 53.7 Å². The second-order valence-corrected chi connectivity index (χ2v) is 9.28. The topological polar surface area (TPSA) is 89.2 Å². The van der Waals surface area contributed by atoms with Crippen molar-refractivity contribution >= 4 is 27.5 Å². The first-order chi connectivity index (χ1) is 17.1. The van der Waals surface area contributed by atoms with Gasteiger partial charge in [-0.15, -0.1) is 0 Å². The molecule has 0 amide bonds. The SMILES string of the molecule is COc1nc(N2CC3CCC(C2)N3)c2cnc(-c3cc(CCN)cc4cccc(F)c34)c(F)c2n1. The number of hydrogen-bond donors (Lipinski definition) is 2. The number of rotatable bonds is 5. The largest absolute Gasteiger partial charge is 0.467 e. The van der Waals surface area contributed by atoms with Gasteiger partial charge in [0.05, 0.1) is 12.5 Å². The molecule has 0 spiro atoms. The molecule has 2 saturated heterocycles. The van der Waals surface area contributed by atoms with Gasteiger partial charge in [-0.2, -0.15) is 9.97 Å². The van der Waals surface area contributed by atoms with Gasteiger partial charge in [0.1, 0.15) is 22.8 Å². The highest BCUT2D eigenvalue weighted by Crippen LogP contribution is 2.37. The Morgan fingerprint density at radius 1 is 1.14 bits per heavy atom. The van der Waals surface area contributed by atoms with Gasteiger partial charge in [0, 0.05) is 42.3 Å². The highest BCUT2D eigenvalue weighted by Gasteiger charge is 2.34. The number of hydrogen-bond acceptors (Lipinski definition) is 7. The van der Waals surface area contributed by atoms with E-state index in [1.54, 1.807) is 18.3 Å². The Bertz CT molecular complexity index is 1430. The van der Waals surface area contributed by atoms with Crippen molar-refractivity contribution in [1.29, 1.82) is 0 Å². The number of fused-ring (bicyclic) bond motifs is 4. The van der Waals surface area contributed by atoms with Crippen molar-refractivity contribution in [2.24, 2.45) is 5.73 Å². The maximum atomic E-state index is 16.2. The number of nitrogens with two attached hydrogens (primary N) is 1. The van der Waals surface area contributed by atoms with Crippen LogP contribution in [0.15, 0.2) is 36.5 Å². The summed E-state index contributed by atoms with van der Waals surface area (Å²) in [6.07, 6.45) is 4.39. The second kappa shape index (κ2) is 8.66. The van der Waals surface area contributed by atoms with Crippen molar-refractivity contribution in [1.82, 2.24) is 20.3 Å². The summed E-state index contributed by atoms with van der Waals surface area (Å²) in [7, 11) is 1.46. The molecule has 3 N–H and O–H groups in total. The fourth-order valence-corrected chi connectivity index (χ4v) is 5.45. The van der Waals surface area contributed by atoms with Crippen LogP contribution in [0.25, 0.3) is 32.9 Å². The van der Waals surface area contributed by atoms with E-state index in [1.165, 1.54) is 13.2 Å². The predicted octanol–water partition coefficient (Wildman–Crippen LogP) is 3.57. The normalized spacial score (nSPS) is 19.6. The van der Waals surface area contributed by atoms with Gasteiger partial charge in [-0.1, -0.05) is 18.2 Å². The molecule has 2 aliphatic heterocycles. The van der Waals surface area contributed by atoms with Gasteiger partial charge in [0.2, 0.25) is 0 Å². The third kappa shape index (κ3) is 3.75. The number of benzene rings is 2. The van der Waals surface area contributed by atoms with Crippen molar-refractivity contribution in [2.75, 3.05) is 31.6 Å². The van der Waals surface area contributed by atoms with E-state index in [2.05, 4.69) is 25.2 Å². The second-order valence-electron chi connectivity index (χ2n) is 9.28. The zero-order chi connectivity index (χ0) is 24.1. The molecule has 0 radical (unpaired) electrons. The average Bonchev–Trinajstić information content (AvgIpc) is 3.21. The Labute approximate surface area is 201 Å². The average molecular weight is 477 g/mol. The Morgan fingerprint density at radius 3 is 2.69 bits per heavy atom. The van der Waals surface area contributed by atoms with E-state index in [-0.39, 0.29) is 17.2 Å². The molecule has 2 aliphatic rings. The zero-order valence-electron chi connectivity index (χ0n) is 19.4. The maximum Gasteiger partial charge on any atom is 0.318 e. The minimum absolute atomic E-state index is 0.0403. The highest BCUT2D eigenvalue weighted by molar-refractivity contribution is 5.99. The molecule has 2 atom stereocenters. The van der Waals surface area contributed by atoms with Crippen LogP contribution in [-0.2, 0) is 6.42 Å². The molecule has 2 fully saturated rings. The van der Waals surface area contributed by atoms with Gasteiger partial charge < -0.3 is 20.7 Å². The van der Waals surface area contributed by atoms with E-state index in [1.807, 2.05) is 12.1 Å². The molecule has 2 bridgehead atoms. The summed E-state index contributed by atoms with van der Waals surface area (Å²) in [5, 5.41) is 5.10. The molecular formula is C26H26F2N6O. The van der Waals surface area contributed by atoms with Gasteiger partial charge in [-0.25, -0.2) is 8.78 Å². The molecule has 4 heterocycles. The number of anilines is 1. The number of ether oxygens (including phenoxy) is 1. The molecule has 4 aromatic rings. The Morgan fingerprint density at radius 2 is 1.94 bits per heavy atom. The van der Waals surface area contributed by atoms with Crippen molar-refractivity contribution < 1.29 is 13.5 Å². The molecule has 0 saturated carbocycles. The highest BCUT2D eigenvalue weighted by atomic mass is 19.1. The lowest BCUT2D eigenvalue weighted by Crippen LogP contribution is -2.51. The lowest BCUT2D eigenvalue weighted by molar-refractivity contribution is 0.380. The molecular weight excluding hydrogens is 450 g/mol. The standard InChI is InChI=1S/C26H26F2N6O/c1-35-26-32-24-19(25(33-26)34-12-16-5-6-17(13-34)31-16)11-30-23(22(24)28)18-10-14(7-8-29)9-15-3-2-4-20(27)21(15)18/h2-4,9-11,16-17,31H,5-8,12-13,29H2,1H3. The van der Waals surface area contributed by atoms with Gasteiger partial charge in [-0.05, 0) is 48.9 Å². The summed E-state index contributed by atoms with van der Waals surface area (Å²) in [6, 6.07) is 9.31. The number of aromatic nitrogens is 3. The number of nitrogens with one attached hydrogen (secondary N) is 1. The lowest BCUT2D eigenvalue weighted by atomic mass is 9.96. The van der Waals surface area contributed by atoms with Crippen molar-refractivity contribution in [3.8, 4) is 17.3 Å². The first kappa shape index (κ1) is 22.1. The first-order valence-electron chi connectivity index (χ1n) is 11.9. The Kier molecular flexibility index (Phi) is 5.46. The Balaban J connectivity index is 1.56. The van der Waals surface area contributed by atoms with Gasteiger partial charge in [0.15, 0.2) is 5.82 Å². The van der Waals surface area contributed by atoms with E-state index in [0.29, 0.717) is 52.6 Å². The monoisotopic (exact) mass is 476 g/mol. The molecule has 9 heteroatoms. The number of halogens is 2. The van der Waals surface area contributed by atoms with Crippen LogP contribution in [0.1, 0.15) is 18.4 Å². The van der Waals surface area contributed by atoms with Crippen LogP contribution in [0.5, 0.6) is 6.01 Å². The summed E-state index contributed by atoms with van der Waals surface area (Å²) in [5.74, 6) is -0.455. The van der Waals surface area contributed by atoms with Gasteiger partial charge in [0.25, 0.3) is 0 Å². The quantitative estimate of drug-likeness (QED) is 0.455. The van der Waals surface area contributed by atoms with Gasteiger partial charge in [-0.3, -0.25) is 4.98 Å². The van der Waals surface area contributed by atoms with Crippen LogP contribution >= 0.6 is 0 Å². The summed E-state index contributed by atoms with van der Waals surface area (Å²) >= 11 is 0. The minimum Gasteiger partial charge on any atom is -0.467 e. The summed E-state index contributed by atoms with van der Waals surface area (Å²) < 4.78 is 36.5. The molecule has 180 valence electrons. The number of nitrogens with zero attached hydrogens (tertiary/aromatic N) is 4. The number of piperazine rings is 1. The smallest absolute Gasteiger partial charge is 0.318 e. The van der Waals surface area contributed by atoms with E-state index >= 15 is 4.39 Å². The van der Waals surface area contributed by atoms with Crippen LogP contribution in [0.2, 0.25) is 0 Å². The fourth-order valence-electron chi connectivity index (χ4n) is 5.45. The third-order valence-electron chi connectivity index (χ3n) is 7.02. The first-order valence-corrected chi connectivity index (χ1v) is 11.9. The lowest BCUT2D eigenvalue weighted by Gasteiger charge is -2.34. The number of methoxy groups -OCH3 is 1. The van der Waals surface area contributed by atoms with Crippen molar-refractivity contribution in [3.63, 3.8) is 0 Å². The van der Waals surface area contributed by atoms with Crippen LogP contribution < -0.4 is 20.7 Å². The zero-order valence-corrected chi connectivity index (χ0v) is 19.4. The minimum atomic E-state index is -0.628. The van der Waals surface area contributed by atoms with Crippen LogP contribution in [-0.4, -0.2) is 53.8 Å². The molecule has 7 nitrogen and oxygen atoms in total. The summed E-state index contributed by atoms with van der Waals surface area (Å²) in [5.41, 5.74) is 7.18. The van der Waals surface area contributed by atoms with E-state index in [9.17, 15) is 4.39 Å². The summed E-state index contributed by atoms with van der Waals surface area (Å²) in [6.45, 7) is 1.96. The third-order valence-corrected chi connectivity index (χ3v) is 7.02. The van der Waals surface area contributed by atoms with Crippen LogP contribution in [0.4, 0.5) is 14.6 Å². The van der Waals surface area contributed by atoms with E-state index < -0.39 is 11.6 Å². The molecule has 35 heavy (non-hydrogen) atoms. The molecule has 6 rings (SSSR count). The van der Waals surface area contributed by atoms with Gasteiger partial charge >= 0.3 is 6.01 Å². The van der Waals surface area contributed by atoms with E-state index in [0.717, 1.165) is 31.5 Å². The maximum absolute atomic E-state index is 16.2. The molecule has 2 unspecified atom stereocenters.